The zero-order chi connectivity index (χ0) is 11.5. The van der Waals surface area contributed by atoms with Crippen LogP contribution in [0.3, 0.4) is 0 Å². The predicted octanol–water partition coefficient (Wildman–Crippen LogP) is 1.57. The summed E-state index contributed by atoms with van der Waals surface area (Å²) in [4.78, 5) is 0. The van der Waals surface area contributed by atoms with Crippen molar-refractivity contribution in [3.05, 3.63) is 29.3 Å². The second kappa shape index (κ2) is 4.74. The summed E-state index contributed by atoms with van der Waals surface area (Å²) in [6.45, 7) is 3.70. The third-order valence-electron chi connectivity index (χ3n) is 2.02. The van der Waals surface area contributed by atoms with Crippen LogP contribution in [0.15, 0.2) is 18.2 Å². The molecule has 15 heavy (non-hydrogen) atoms. The molecule has 0 unspecified atom stereocenters. The Bertz CT molecular complexity index is 388. The molecule has 6 nitrogen and oxygen atoms in total. The molecule has 0 aliphatic heterocycles. The Morgan fingerprint density at radius 1 is 1.20 bits per heavy atom. The van der Waals surface area contributed by atoms with Gasteiger partial charge in [0.1, 0.15) is 5.75 Å². The number of benzene rings is 1. The summed E-state index contributed by atoms with van der Waals surface area (Å²) < 4.78 is 24.6. The van der Waals surface area contributed by atoms with Crippen molar-refractivity contribution in [2.45, 2.75) is 13.8 Å². The smallest absolute Gasteiger partial charge is 0.402 e. The highest BCUT2D eigenvalue weighted by Gasteiger charge is 2.27. The lowest BCUT2D eigenvalue weighted by Crippen LogP contribution is -2.10. The molecule has 0 heterocycles. The third-order valence-corrected chi connectivity index (χ3v) is 2.96. The largest absolute Gasteiger partial charge is 0.563 e. The fourth-order valence-electron chi connectivity index (χ4n) is 1.01. The van der Waals surface area contributed by atoms with Crippen molar-refractivity contribution < 1.29 is 18.3 Å². The zero-order valence-electron chi connectivity index (χ0n) is 8.47. The average molecular weight is 232 g/mol. The molecule has 0 amide bonds. The first-order chi connectivity index (χ1) is 7.02. The minimum atomic E-state index is -3.89. The van der Waals surface area contributed by atoms with E-state index in [2.05, 4.69) is 9.25 Å². The molecule has 84 valence electrons. The lowest BCUT2D eigenvalue weighted by atomic mass is 10.1. The topological polar surface area (TPSA) is 96.8 Å². The van der Waals surface area contributed by atoms with Gasteiger partial charge in [0, 0.05) is 0 Å². The van der Waals surface area contributed by atoms with Gasteiger partial charge in [0.05, 0.1) is 0 Å². The molecule has 0 aliphatic carbocycles. The molecule has 0 fully saturated rings. The van der Waals surface area contributed by atoms with Crippen LogP contribution in [0.2, 0.25) is 0 Å². The lowest BCUT2D eigenvalue weighted by Gasteiger charge is -2.15. The second-order valence-corrected chi connectivity index (χ2v) is 4.45. The van der Waals surface area contributed by atoms with Crippen LogP contribution >= 0.6 is 7.82 Å². The number of hydrogen-bond donors (Lipinski definition) is 2. The van der Waals surface area contributed by atoms with Crippen molar-refractivity contribution in [3.8, 4) is 5.75 Å². The van der Waals surface area contributed by atoms with E-state index in [1.54, 1.807) is 12.1 Å². The summed E-state index contributed by atoms with van der Waals surface area (Å²) in [5.74, 6) is 9.88. The van der Waals surface area contributed by atoms with Crippen LogP contribution in [0.4, 0.5) is 0 Å². The Hall–Kier alpha value is -0.910. The lowest BCUT2D eigenvalue weighted by molar-refractivity contribution is 0.159. The molecule has 0 saturated heterocycles. The Labute approximate surface area is 87.6 Å². The maximum Gasteiger partial charge on any atom is 0.563 e. The molecule has 0 aromatic heterocycles. The van der Waals surface area contributed by atoms with Gasteiger partial charge in [-0.3, -0.25) is 0 Å². The summed E-state index contributed by atoms with van der Waals surface area (Å²) in [5.41, 5.74) is 1.79. The maximum absolute atomic E-state index is 11.5. The summed E-state index contributed by atoms with van der Waals surface area (Å²) in [5, 5.41) is 0. The molecule has 0 aliphatic rings. The Balaban J connectivity index is 2.99. The molecule has 1 aromatic rings. The van der Waals surface area contributed by atoms with Gasteiger partial charge in [0.15, 0.2) is 0 Å². The number of phosphoric acid groups is 1. The molecule has 0 saturated carbocycles. The molecular weight excluding hydrogens is 219 g/mol. The first-order valence-electron chi connectivity index (χ1n) is 4.15. The van der Waals surface area contributed by atoms with Crippen LogP contribution in [-0.2, 0) is 13.8 Å². The number of nitrogens with two attached hydrogens (primary N) is 2. The van der Waals surface area contributed by atoms with Gasteiger partial charge in [0.2, 0.25) is 0 Å². The zero-order valence-corrected chi connectivity index (χ0v) is 9.36. The van der Waals surface area contributed by atoms with E-state index in [1.807, 2.05) is 19.9 Å². The predicted molar refractivity (Wildman–Crippen MR) is 54.7 cm³/mol. The van der Waals surface area contributed by atoms with Gasteiger partial charge < -0.3 is 4.52 Å². The van der Waals surface area contributed by atoms with Gasteiger partial charge in [0.25, 0.3) is 0 Å². The van der Waals surface area contributed by atoms with Crippen molar-refractivity contribution in [3.63, 3.8) is 0 Å². The second-order valence-electron chi connectivity index (χ2n) is 2.95. The third kappa shape index (κ3) is 2.77. The van der Waals surface area contributed by atoms with Crippen LogP contribution < -0.4 is 16.3 Å². The number of hydrogen-bond acceptors (Lipinski definition) is 6. The minimum absolute atomic E-state index is 0.356. The van der Waals surface area contributed by atoms with E-state index >= 15 is 0 Å². The summed E-state index contributed by atoms with van der Waals surface area (Å²) >= 11 is 0. The Morgan fingerprint density at radius 2 is 1.80 bits per heavy atom. The van der Waals surface area contributed by atoms with Gasteiger partial charge in [-0.05, 0) is 31.0 Å². The SMILES string of the molecule is Cc1cccc(OP(=O)(ON)ON)c1C. The van der Waals surface area contributed by atoms with Gasteiger partial charge in [-0.15, -0.1) is 0 Å². The van der Waals surface area contributed by atoms with Crippen LogP contribution in [0, 0.1) is 13.8 Å². The molecule has 1 aromatic carbocycles. The van der Waals surface area contributed by atoms with Gasteiger partial charge in [-0.1, -0.05) is 12.1 Å². The van der Waals surface area contributed by atoms with Crippen molar-refractivity contribution in [2.75, 3.05) is 0 Å². The van der Waals surface area contributed by atoms with Crippen molar-refractivity contribution in [1.82, 2.24) is 0 Å². The van der Waals surface area contributed by atoms with E-state index in [0.29, 0.717) is 5.75 Å². The van der Waals surface area contributed by atoms with Crippen molar-refractivity contribution in [1.29, 1.82) is 0 Å². The van der Waals surface area contributed by atoms with E-state index in [1.165, 1.54) is 0 Å². The number of aryl methyl sites for hydroxylation is 1. The molecule has 7 heteroatoms. The van der Waals surface area contributed by atoms with Crippen molar-refractivity contribution >= 4 is 7.82 Å². The highest BCUT2D eigenvalue weighted by molar-refractivity contribution is 7.48. The van der Waals surface area contributed by atoms with Crippen molar-refractivity contribution in [2.24, 2.45) is 11.8 Å². The standard InChI is InChI=1S/C8H13N2O4P/c1-6-4-3-5-8(7(6)2)12-15(11,13-9)14-10/h3-5H,9-10H2,1-2H3. The quantitative estimate of drug-likeness (QED) is 0.604. The normalized spacial score (nSPS) is 11.5. The summed E-state index contributed by atoms with van der Waals surface area (Å²) in [6.07, 6.45) is 0. The molecule has 4 N–H and O–H groups in total. The minimum Gasteiger partial charge on any atom is -0.402 e. The molecule has 0 bridgehead atoms. The van der Waals surface area contributed by atoms with Crippen LogP contribution in [0.25, 0.3) is 0 Å². The Morgan fingerprint density at radius 3 is 2.33 bits per heavy atom. The molecule has 0 spiro atoms. The van der Waals surface area contributed by atoms with Crippen LogP contribution in [-0.4, -0.2) is 0 Å². The van der Waals surface area contributed by atoms with Gasteiger partial charge >= 0.3 is 7.82 Å². The van der Waals surface area contributed by atoms with E-state index < -0.39 is 7.82 Å². The van der Waals surface area contributed by atoms with Gasteiger partial charge in [-0.2, -0.15) is 9.25 Å². The molecule has 0 atom stereocenters. The fraction of sp³-hybridized carbons (Fsp3) is 0.250. The number of rotatable bonds is 4. The first kappa shape index (κ1) is 12.2. The highest BCUT2D eigenvalue weighted by atomic mass is 31.2. The van der Waals surface area contributed by atoms with E-state index in [4.69, 9.17) is 16.3 Å². The monoisotopic (exact) mass is 232 g/mol. The molecule has 1 rings (SSSR count). The Kier molecular flexibility index (Phi) is 3.84. The first-order valence-corrected chi connectivity index (χ1v) is 5.61. The van der Waals surface area contributed by atoms with Gasteiger partial charge in [-0.25, -0.2) is 16.4 Å². The van der Waals surface area contributed by atoms with Crippen LogP contribution in [0.1, 0.15) is 11.1 Å². The highest BCUT2D eigenvalue weighted by Crippen LogP contribution is 2.46. The summed E-state index contributed by atoms with van der Waals surface area (Å²) in [7, 11) is -3.89. The maximum atomic E-state index is 11.5. The van der Waals surface area contributed by atoms with Crippen LogP contribution in [0.5, 0.6) is 5.75 Å². The van der Waals surface area contributed by atoms with E-state index in [-0.39, 0.29) is 0 Å². The van der Waals surface area contributed by atoms with E-state index in [9.17, 15) is 4.57 Å². The van der Waals surface area contributed by atoms with E-state index in [0.717, 1.165) is 11.1 Å². The molecular formula is C8H13N2O4P. The summed E-state index contributed by atoms with van der Waals surface area (Å²) in [6, 6.07) is 5.25. The average Bonchev–Trinajstić information content (AvgIpc) is 2.25. The fourth-order valence-corrected chi connectivity index (χ4v) is 1.59. The molecule has 0 radical (unpaired) electrons.